The molecule has 1 atom stereocenters. The number of nitro benzene ring substituents is 1. The first-order valence-corrected chi connectivity index (χ1v) is 14.4. The zero-order valence-corrected chi connectivity index (χ0v) is 25.3. The number of anilines is 1. The minimum Gasteiger partial charge on any atom is -0.489 e. The number of ether oxygens (including phenoxy) is 3. The van der Waals surface area contributed by atoms with Crippen molar-refractivity contribution in [2.45, 2.75) is 32.5 Å². The molecule has 4 aromatic carbocycles. The van der Waals surface area contributed by atoms with E-state index in [0.717, 1.165) is 11.6 Å². The van der Waals surface area contributed by atoms with E-state index in [0.29, 0.717) is 23.6 Å². The molecule has 0 radical (unpaired) electrons. The molecule has 240 valence electrons. The molecular weight excluding hydrogens is 608 g/mol. The third-order valence-corrected chi connectivity index (χ3v) is 6.74. The number of esters is 2. The van der Waals surface area contributed by atoms with Crippen molar-refractivity contribution >= 4 is 40.8 Å². The van der Waals surface area contributed by atoms with Crippen molar-refractivity contribution in [2.75, 3.05) is 11.9 Å². The Morgan fingerprint density at radius 1 is 0.787 bits per heavy atom. The molecule has 12 nitrogen and oxygen atoms in total. The van der Waals surface area contributed by atoms with Gasteiger partial charge in [-0.15, -0.1) is 0 Å². The summed E-state index contributed by atoms with van der Waals surface area (Å²) in [7, 11) is 0. The highest BCUT2D eigenvalue weighted by Crippen LogP contribution is 2.18. The Balaban J connectivity index is 1.17. The Kier molecular flexibility index (Phi) is 11.6. The summed E-state index contributed by atoms with van der Waals surface area (Å²) in [5.41, 5.74) is 1.57. The first kappa shape index (κ1) is 33.7. The summed E-state index contributed by atoms with van der Waals surface area (Å²) in [4.78, 5) is 72.3. The zero-order valence-electron chi connectivity index (χ0n) is 25.3. The average molecular weight is 639 g/mol. The number of nitrogens with zero attached hydrogens (tertiary/aromatic N) is 1. The maximum atomic E-state index is 12.7. The maximum Gasteiger partial charge on any atom is 0.338 e. The van der Waals surface area contributed by atoms with Crippen LogP contribution in [0, 0.1) is 10.1 Å². The van der Waals surface area contributed by atoms with Gasteiger partial charge in [0.05, 0.1) is 16.9 Å². The number of Topliss-reactive ketones (excluding diaryl/α,β-unsaturated/α-hetero) is 2. The second-order valence-corrected chi connectivity index (χ2v) is 10.2. The van der Waals surface area contributed by atoms with Gasteiger partial charge in [0.25, 0.3) is 5.69 Å². The summed E-state index contributed by atoms with van der Waals surface area (Å²) in [5, 5.41) is 13.5. The van der Waals surface area contributed by atoms with E-state index in [1.165, 1.54) is 49.4 Å². The van der Waals surface area contributed by atoms with Crippen LogP contribution in [0.25, 0.3) is 0 Å². The molecule has 1 amide bonds. The molecule has 4 rings (SSSR count). The third-order valence-electron chi connectivity index (χ3n) is 6.74. The largest absolute Gasteiger partial charge is 0.489 e. The van der Waals surface area contributed by atoms with Crippen molar-refractivity contribution in [1.82, 2.24) is 0 Å². The van der Waals surface area contributed by atoms with Crippen LogP contribution in [0.3, 0.4) is 0 Å². The Hall–Kier alpha value is -6.17. The molecule has 0 aliphatic rings. The van der Waals surface area contributed by atoms with Crippen LogP contribution >= 0.6 is 0 Å². The Bertz CT molecular complexity index is 1750. The van der Waals surface area contributed by atoms with E-state index in [2.05, 4.69) is 5.32 Å². The summed E-state index contributed by atoms with van der Waals surface area (Å²) in [5.74, 6) is -2.44. The lowest BCUT2D eigenvalue weighted by atomic mass is 10.1. The molecule has 4 aromatic rings. The van der Waals surface area contributed by atoms with Crippen LogP contribution in [-0.2, 0) is 25.7 Å². The van der Waals surface area contributed by atoms with Crippen molar-refractivity contribution in [2.24, 2.45) is 0 Å². The minimum atomic E-state index is -1.06. The lowest BCUT2D eigenvalue weighted by Gasteiger charge is -2.13. The molecule has 47 heavy (non-hydrogen) atoms. The molecule has 0 aliphatic heterocycles. The van der Waals surface area contributed by atoms with Crippen molar-refractivity contribution in [3.05, 3.63) is 135 Å². The van der Waals surface area contributed by atoms with Gasteiger partial charge in [-0.1, -0.05) is 42.5 Å². The van der Waals surface area contributed by atoms with Crippen molar-refractivity contribution in [3.63, 3.8) is 0 Å². The number of amides is 1. The SMILES string of the molecule is CC(OC(=O)CCC(=O)Nc1ccc(C(=O)OCC(=O)c2cccc([N+](=O)[O-])c2)cc1)C(=O)c1ccc(OCc2ccccc2)cc1. The highest BCUT2D eigenvalue weighted by atomic mass is 16.6. The first-order valence-electron chi connectivity index (χ1n) is 14.4. The van der Waals surface area contributed by atoms with Crippen molar-refractivity contribution in [3.8, 4) is 5.75 Å². The Morgan fingerprint density at radius 3 is 2.15 bits per heavy atom. The summed E-state index contributed by atoms with van der Waals surface area (Å²) < 4.78 is 16.0. The molecule has 12 heteroatoms. The number of rotatable bonds is 15. The molecule has 0 heterocycles. The summed E-state index contributed by atoms with van der Waals surface area (Å²) in [6, 6.07) is 26.8. The molecule has 0 saturated heterocycles. The number of nitro groups is 1. The van der Waals surface area contributed by atoms with Crippen LogP contribution in [0.4, 0.5) is 11.4 Å². The molecule has 0 saturated carbocycles. The van der Waals surface area contributed by atoms with Gasteiger partial charge in [-0.2, -0.15) is 0 Å². The van der Waals surface area contributed by atoms with Crippen LogP contribution in [0.15, 0.2) is 103 Å². The molecule has 1 N–H and O–H groups in total. The Labute approximate surface area is 269 Å². The van der Waals surface area contributed by atoms with E-state index >= 15 is 0 Å². The normalized spacial score (nSPS) is 11.1. The first-order chi connectivity index (χ1) is 22.6. The molecule has 0 aliphatic carbocycles. The van der Waals surface area contributed by atoms with Gasteiger partial charge >= 0.3 is 11.9 Å². The van der Waals surface area contributed by atoms with E-state index in [4.69, 9.17) is 14.2 Å². The van der Waals surface area contributed by atoms with Gasteiger partial charge in [-0.3, -0.25) is 29.3 Å². The number of hydrogen-bond acceptors (Lipinski definition) is 10. The van der Waals surface area contributed by atoms with Crippen molar-refractivity contribution < 1.29 is 43.1 Å². The summed E-state index contributed by atoms with van der Waals surface area (Å²) >= 11 is 0. The predicted octanol–water partition coefficient (Wildman–Crippen LogP) is 5.75. The predicted molar refractivity (Wildman–Crippen MR) is 169 cm³/mol. The van der Waals surface area contributed by atoms with Gasteiger partial charge in [-0.05, 0) is 61.0 Å². The Morgan fingerprint density at radius 2 is 1.47 bits per heavy atom. The highest BCUT2D eigenvalue weighted by molar-refractivity contribution is 6.01. The minimum absolute atomic E-state index is 0.0329. The highest BCUT2D eigenvalue weighted by Gasteiger charge is 2.20. The topological polar surface area (TPSA) is 168 Å². The van der Waals surface area contributed by atoms with E-state index in [1.807, 2.05) is 30.3 Å². The van der Waals surface area contributed by atoms with Gasteiger partial charge in [0.15, 0.2) is 12.7 Å². The molecule has 1 unspecified atom stereocenters. The lowest BCUT2D eigenvalue weighted by molar-refractivity contribution is -0.384. The fourth-order valence-corrected chi connectivity index (χ4v) is 4.22. The van der Waals surface area contributed by atoms with Gasteiger partial charge < -0.3 is 19.5 Å². The molecule has 0 aromatic heterocycles. The van der Waals surface area contributed by atoms with Crippen LogP contribution in [0.5, 0.6) is 5.75 Å². The molecule has 0 spiro atoms. The smallest absolute Gasteiger partial charge is 0.338 e. The van der Waals surface area contributed by atoms with Gasteiger partial charge in [0.2, 0.25) is 17.5 Å². The van der Waals surface area contributed by atoms with Crippen LogP contribution in [0.1, 0.15) is 56.4 Å². The average Bonchev–Trinajstić information content (AvgIpc) is 3.09. The number of nitrogens with one attached hydrogen (secondary N) is 1. The fraction of sp³-hybridized carbons (Fsp3) is 0.171. The molecule has 0 bridgehead atoms. The van der Waals surface area contributed by atoms with Gasteiger partial charge in [0, 0.05) is 35.4 Å². The molecule has 0 fully saturated rings. The number of ketones is 2. The number of carbonyl (C=O) groups is 5. The summed E-state index contributed by atoms with van der Waals surface area (Å²) in [6.45, 7) is 1.22. The second-order valence-electron chi connectivity index (χ2n) is 10.2. The standard InChI is InChI=1S/C35H30N2O10/c1-23(34(41)25-12-16-30(17-13-25)45-21-24-6-3-2-4-7-24)47-33(40)19-18-32(39)36-28-14-10-26(11-15-28)35(42)46-22-31(38)27-8-5-9-29(20-27)37(43)44/h2-17,20,23H,18-19,21-22H2,1H3,(H,36,39). The number of benzene rings is 4. The van der Waals surface area contributed by atoms with E-state index < -0.39 is 47.0 Å². The van der Waals surface area contributed by atoms with Crippen molar-refractivity contribution in [1.29, 1.82) is 0 Å². The number of non-ortho nitro benzene ring substituents is 1. The number of hydrogen-bond donors (Lipinski definition) is 1. The van der Waals surface area contributed by atoms with E-state index in [-0.39, 0.29) is 29.7 Å². The fourth-order valence-electron chi connectivity index (χ4n) is 4.22. The van der Waals surface area contributed by atoms with E-state index in [9.17, 15) is 34.1 Å². The monoisotopic (exact) mass is 638 g/mol. The van der Waals surface area contributed by atoms with Gasteiger partial charge in [-0.25, -0.2) is 4.79 Å². The van der Waals surface area contributed by atoms with Crippen LogP contribution in [0.2, 0.25) is 0 Å². The quantitative estimate of drug-likeness (QED) is 0.0733. The van der Waals surface area contributed by atoms with E-state index in [1.54, 1.807) is 24.3 Å². The summed E-state index contributed by atoms with van der Waals surface area (Å²) in [6.07, 6.45) is -1.54. The zero-order chi connectivity index (χ0) is 33.8. The van der Waals surface area contributed by atoms with Gasteiger partial charge in [0.1, 0.15) is 12.4 Å². The number of carbonyl (C=O) groups excluding carboxylic acids is 5. The lowest BCUT2D eigenvalue weighted by Crippen LogP contribution is -2.25. The van der Waals surface area contributed by atoms with Crippen LogP contribution in [-0.4, -0.2) is 47.0 Å². The maximum absolute atomic E-state index is 12.7. The van der Waals surface area contributed by atoms with Crippen LogP contribution < -0.4 is 10.1 Å². The molecular formula is C35H30N2O10. The third kappa shape index (κ3) is 10.2. The second kappa shape index (κ2) is 16.2.